The Morgan fingerprint density at radius 2 is 1.60 bits per heavy atom. The molecule has 0 bridgehead atoms. The van der Waals surface area contributed by atoms with Crippen LogP contribution in [0.15, 0.2) is 18.2 Å². The molecule has 0 saturated carbocycles. The number of nitrogens with one attached hydrogen (secondary N) is 1. The highest BCUT2D eigenvalue weighted by Crippen LogP contribution is 2.19. The van der Waals surface area contributed by atoms with Gasteiger partial charge in [0, 0.05) is 5.69 Å². The zero-order chi connectivity index (χ0) is 15.5. The zero-order valence-corrected chi connectivity index (χ0v) is 14.3. The molecule has 114 valence electrons. The topological polar surface area (TPSA) is 32.3 Å². The summed E-state index contributed by atoms with van der Waals surface area (Å²) in [6.45, 7) is 12.4. The number of carbonyl (C=O) groups excluding carboxylic acids is 1. The van der Waals surface area contributed by atoms with E-state index in [0.717, 1.165) is 35.7 Å². The fourth-order valence-electron chi connectivity index (χ4n) is 1.84. The number of carbonyl (C=O) groups is 1. The first-order valence-corrected chi connectivity index (χ1v) is 7.82. The van der Waals surface area contributed by atoms with E-state index >= 15 is 0 Å². The van der Waals surface area contributed by atoms with Crippen LogP contribution in [0.1, 0.15) is 31.9 Å². The summed E-state index contributed by atoms with van der Waals surface area (Å²) in [6, 6.07) is 6.03. The van der Waals surface area contributed by atoms with Crippen molar-refractivity contribution in [3.8, 4) is 0 Å². The number of thiol groups is 1. The number of aryl methyl sites for hydroxylation is 2. The van der Waals surface area contributed by atoms with Crippen LogP contribution in [-0.2, 0) is 4.79 Å². The van der Waals surface area contributed by atoms with E-state index in [1.807, 2.05) is 39.0 Å². The van der Waals surface area contributed by atoms with Gasteiger partial charge in [-0.3, -0.25) is 9.69 Å². The van der Waals surface area contributed by atoms with E-state index in [4.69, 9.17) is 0 Å². The van der Waals surface area contributed by atoms with Crippen LogP contribution >= 0.6 is 12.6 Å². The summed E-state index contributed by atoms with van der Waals surface area (Å²) in [5, 5.41) is 3.00. The molecule has 0 aliphatic carbocycles. The SMILES string of the molecule is CCN(CC)CC(=O)Nc1c(C)cccc1C.CCS. The Bertz CT molecular complexity index is 383. The molecule has 3 nitrogen and oxygen atoms in total. The van der Waals surface area contributed by atoms with E-state index in [1.165, 1.54) is 0 Å². The van der Waals surface area contributed by atoms with Gasteiger partial charge in [0.2, 0.25) is 5.91 Å². The summed E-state index contributed by atoms with van der Waals surface area (Å²) in [6.07, 6.45) is 0. The average Bonchev–Trinajstić information content (AvgIpc) is 2.41. The molecule has 0 heterocycles. The Balaban J connectivity index is 0.00000110. The number of anilines is 1. The van der Waals surface area contributed by atoms with Gasteiger partial charge in [-0.2, -0.15) is 12.6 Å². The highest BCUT2D eigenvalue weighted by atomic mass is 32.1. The molecule has 1 amide bonds. The second kappa shape index (κ2) is 10.7. The maximum absolute atomic E-state index is 11.9. The van der Waals surface area contributed by atoms with Crippen LogP contribution in [0.4, 0.5) is 5.69 Å². The standard InChI is InChI=1S/C14H22N2O.C2H6S/c1-5-16(6-2)10-13(17)15-14-11(3)8-7-9-12(14)4;1-2-3/h7-9H,5-6,10H2,1-4H3,(H,15,17);3H,2H2,1H3. The Hall–Kier alpha value is -1.00. The molecular formula is C16H28N2OS. The van der Waals surface area contributed by atoms with Crippen molar-refractivity contribution in [3.63, 3.8) is 0 Å². The van der Waals surface area contributed by atoms with Gasteiger partial charge in [0.25, 0.3) is 0 Å². The predicted octanol–water partition coefficient (Wildman–Crippen LogP) is 3.52. The van der Waals surface area contributed by atoms with Crippen molar-refractivity contribution in [2.75, 3.05) is 30.7 Å². The first-order valence-electron chi connectivity index (χ1n) is 7.19. The third kappa shape index (κ3) is 6.96. The summed E-state index contributed by atoms with van der Waals surface area (Å²) in [7, 11) is 0. The third-order valence-electron chi connectivity index (χ3n) is 3.01. The van der Waals surface area contributed by atoms with Crippen molar-refractivity contribution < 1.29 is 4.79 Å². The monoisotopic (exact) mass is 296 g/mol. The first kappa shape index (κ1) is 19.0. The molecule has 1 aromatic rings. The average molecular weight is 296 g/mol. The number of likely N-dealkylation sites (N-methyl/N-ethyl adjacent to an activating group) is 1. The fraction of sp³-hybridized carbons (Fsp3) is 0.562. The molecule has 1 N–H and O–H groups in total. The minimum Gasteiger partial charge on any atom is -0.324 e. The quantitative estimate of drug-likeness (QED) is 0.815. The van der Waals surface area contributed by atoms with E-state index < -0.39 is 0 Å². The molecule has 0 fully saturated rings. The maximum Gasteiger partial charge on any atom is 0.238 e. The summed E-state index contributed by atoms with van der Waals surface area (Å²) < 4.78 is 0. The summed E-state index contributed by atoms with van der Waals surface area (Å²) in [5.41, 5.74) is 3.17. The van der Waals surface area contributed by atoms with E-state index in [0.29, 0.717) is 6.54 Å². The number of amides is 1. The lowest BCUT2D eigenvalue weighted by Crippen LogP contribution is -2.33. The van der Waals surface area contributed by atoms with Crippen LogP contribution in [-0.4, -0.2) is 36.2 Å². The van der Waals surface area contributed by atoms with E-state index in [-0.39, 0.29) is 5.91 Å². The van der Waals surface area contributed by atoms with Gasteiger partial charge in [0.05, 0.1) is 6.54 Å². The molecule has 0 unspecified atom stereocenters. The number of benzene rings is 1. The number of para-hydroxylation sites is 1. The molecule has 0 aromatic heterocycles. The van der Waals surface area contributed by atoms with Crippen molar-refractivity contribution in [2.45, 2.75) is 34.6 Å². The van der Waals surface area contributed by atoms with Crippen LogP contribution in [0.25, 0.3) is 0 Å². The summed E-state index contributed by atoms with van der Waals surface area (Å²) in [5.74, 6) is 1.01. The zero-order valence-electron chi connectivity index (χ0n) is 13.4. The van der Waals surface area contributed by atoms with Gasteiger partial charge in [-0.15, -0.1) is 0 Å². The lowest BCUT2D eigenvalue weighted by Gasteiger charge is -2.18. The molecule has 4 heteroatoms. The fourth-order valence-corrected chi connectivity index (χ4v) is 1.84. The predicted molar refractivity (Wildman–Crippen MR) is 91.9 cm³/mol. The highest BCUT2D eigenvalue weighted by molar-refractivity contribution is 7.80. The number of hydrogen-bond donors (Lipinski definition) is 2. The molecular weight excluding hydrogens is 268 g/mol. The smallest absolute Gasteiger partial charge is 0.238 e. The molecule has 0 atom stereocenters. The minimum atomic E-state index is 0.0612. The second-order valence-electron chi connectivity index (χ2n) is 4.59. The van der Waals surface area contributed by atoms with Gasteiger partial charge in [-0.05, 0) is 43.8 Å². The molecule has 0 aliphatic heterocycles. The minimum absolute atomic E-state index is 0.0612. The van der Waals surface area contributed by atoms with Crippen LogP contribution in [0, 0.1) is 13.8 Å². The molecule has 0 aliphatic rings. The van der Waals surface area contributed by atoms with Crippen LogP contribution < -0.4 is 5.32 Å². The van der Waals surface area contributed by atoms with Crippen molar-refractivity contribution in [3.05, 3.63) is 29.3 Å². The van der Waals surface area contributed by atoms with E-state index in [1.54, 1.807) is 0 Å². The second-order valence-corrected chi connectivity index (χ2v) is 5.23. The number of nitrogens with zero attached hydrogens (tertiary/aromatic N) is 1. The van der Waals surface area contributed by atoms with Crippen molar-refractivity contribution in [1.82, 2.24) is 4.90 Å². The third-order valence-corrected chi connectivity index (χ3v) is 3.01. The van der Waals surface area contributed by atoms with Crippen molar-refractivity contribution in [1.29, 1.82) is 0 Å². The molecule has 1 rings (SSSR count). The Morgan fingerprint density at radius 3 is 2.00 bits per heavy atom. The van der Waals surface area contributed by atoms with Crippen molar-refractivity contribution in [2.24, 2.45) is 0 Å². The summed E-state index contributed by atoms with van der Waals surface area (Å²) >= 11 is 3.79. The molecule has 0 saturated heterocycles. The highest BCUT2D eigenvalue weighted by Gasteiger charge is 2.09. The lowest BCUT2D eigenvalue weighted by atomic mass is 10.1. The molecule has 0 radical (unpaired) electrons. The van der Waals surface area contributed by atoms with Gasteiger partial charge in [0.1, 0.15) is 0 Å². The van der Waals surface area contributed by atoms with Gasteiger partial charge in [-0.25, -0.2) is 0 Å². The van der Waals surface area contributed by atoms with E-state index in [2.05, 4.69) is 36.7 Å². The molecule has 1 aromatic carbocycles. The van der Waals surface area contributed by atoms with Crippen molar-refractivity contribution >= 4 is 24.2 Å². The van der Waals surface area contributed by atoms with Crippen LogP contribution in [0.2, 0.25) is 0 Å². The van der Waals surface area contributed by atoms with Gasteiger partial charge in [-0.1, -0.05) is 39.0 Å². The molecule has 0 spiro atoms. The number of rotatable bonds is 5. The molecule has 20 heavy (non-hydrogen) atoms. The maximum atomic E-state index is 11.9. The Morgan fingerprint density at radius 1 is 1.15 bits per heavy atom. The van der Waals surface area contributed by atoms with Gasteiger partial charge >= 0.3 is 0 Å². The van der Waals surface area contributed by atoms with Crippen LogP contribution in [0.5, 0.6) is 0 Å². The Kier molecular flexibility index (Phi) is 10.2. The number of hydrogen-bond acceptors (Lipinski definition) is 3. The lowest BCUT2D eigenvalue weighted by molar-refractivity contribution is -0.117. The van der Waals surface area contributed by atoms with Gasteiger partial charge in [0.15, 0.2) is 0 Å². The van der Waals surface area contributed by atoms with E-state index in [9.17, 15) is 4.79 Å². The van der Waals surface area contributed by atoms with Gasteiger partial charge < -0.3 is 5.32 Å². The first-order chi connectivity index (χ1) is 9.49. The largest absolute Gasteiger partial charge is 0.324 e. The normalized spacial score (nSPS) is 9.95. The summed E-state index contributed by atoms with van der Waals surface area (Å²) in [4.78, 5) is 14.0. The van der Waals surface area contributed by atoms with Crippen LogP contribution in [0.3, 0.4) is 0 Å². The Labute approximate surface area is 129 Å².